The van der Waals surface area contributed by atoms with Crippen LogP contribution < -0.4 is 5.32 Å². The maximum Gasteiger partial charge on any atom is 0.243 e. The third-order valence-electron chi connectivity index (χ3n) is 5.18. The molecule has 0 aliphatic heterocycles. The molecule has 0 saturated heterocycles. The summed E-state index contributed by atoms with van der Waals surface area (Å²) in [7, 11) is 0. The molecule has 0 radical (unpaired) electrons. The first-order valence-corrected chi connectivity index (χ1v) is 10.8. The Balaban J connectivity index is 1.86. The van der Waals surface area contributed by atoms with Gasteiger partial charge in [0.1, 0.15) is 6.04 Å². The van der Waals surface area contributed by atoms with E-state index in [4.69, 9.17) is 11.6 Å². The minimum atomic E-state index is -0.627. The van der Waals surface area contributed by atoms with Gasteiger partial charge in [0, 0.05) is 31.0 Å². The van der Waals surface area contributed by atoms with Crippen LogP contribution in [0.5, 0.6) is 0 Å². The fourth-order valence-electron chi connectivity index (χ4n) is 3.48. The van der Waals surface area contributed by atoms with Gasteiger partial charge in [0.15, 0.2) is 0 Å². The van der Waals surface area contributed by atoms with E-state index in [9.17, 15) is 9.59 Å². The number of rotatable bonds is 9. The Morgan fingerprint density at radius 2 is 1.45 bits per heavy atom. The van der Waals surface area contributed by atoms with Crippen molar-refractivity contribution in [2.45, 2.75) is 38.9 Å². The van der Waals surface area contributed by atoms with Crippen molar-refractivity contribution in [3.63, 3.8) is 0 Å². The van der Waals surface area contributed by atoms with Crippen molar-refractivity contribution in [1.29, 1.82) is 0 Å². The minimum Gasteiger partial charge on any atom is -0.350 e. The van der Waals surface area contributed by atoms with E-state index in [1.807, 2.05) is 85.8 Å². The summed E-state index contributed by atoms with van der Waals surface area (Å²) in [6.07, 6.45) is 0.768. The van der Waals surface area contributed by atoms with Gasteiger partial charge in [-0.25, -0.2) is 0 Å². The van der Waals surface area contributed by atoms with E-state index in [0.29, 0.717) is 31.0 Å². The van der Waals surface area contributed by atoms with E-state index in [1.165, 1.54) is 0 Å². The third kappa shape index (κ3) is 6.43. The third-order valence-corrected chi connectivity index (χ3v) is 5.55. The Morgan fingerprint density at radius 1 is 0.871 bits per heavy atom. The molecule has 3 aromatic rings. The summed E-state index contributed by atoms with van der Waals surface area (Å²) < 4.78 is 0. The zero-order valence-corrected chi connectivity index (χ0v) is 18.4. The Labute approximate surface area is 188 Å². The number of carbonyl (C=O) groups excluding carboxylic acids is 2. The molecule has 0 aliphatic carbocycles. The van der Waals surface area contributed by atoms with Crippen LogP contribution in [0.25, 0.3) is 0 Å². The van der Waals surface area contributed by atoms with E-state index in [-0.39, 0.29) is 11.8 Å². The fourth-order valence-corrected chi connectivity index (χ4v) is 3.68. The van der Waals surface area contributed by atoms with Crippen molar-refractivity contribution in [3.05, 3.63) is 107 Å². The van der Waals surface area contributed by atoms with Gasteiger partial charge < -0.3 is 10.2 Å². The van der Waals surface area contributed by atoms with Crippen molar-refractivity contribution >= 4 is 23.4 Å². The van der Waals surface area contributed by atoms with Crippen molar-refractivity contribution in [1.82, 2.24) is 10.2 Å². The maximum absolute atomic E-state index is 13.3. The molecular weight excluding hydrogens is 408 g/mol. The molecule has 31 heavy (non-hydrogen) atoms. The molecule has 0 fully saturated rings. The highest BCUT2D eigenvalue weighted by Crippen LogP contribution is 2.17. The molecular formula is C26H27ClN2O2. The van der Waals surface area contributed by atoms with E-state index in [1.54, 1.807) is 11.0 Å². The number of nitrogens with zero attached hydrogens (tertiary/aromatic N) is 1. The molecule has 1 atom stereocenters. The largest absolute Gasteiger partial charge is 0.350 e. The Kier molecular flexibility index (Phi) is 8.25. The highest BCUT2D eigenvalue weighted by Gasteiger charge is 2.29. The average molecular weight is 435 g/mol. The van der Waals surface area contributed by atoms with Crippen LogP contribution in [0.3, 0.4) is 0 Å². The summed E-state index contributed by atoms with van der Waals surface area (Å²) in [5.41, 5.74) is 2.83. The first-order chi connectivity index (χ1) is 15.1. The quantitative estimate of drug-likeness (QED) is 0.514. The lowest BCUT2D eigenvalue weighted by Gasteiger charge is -2.31. The SMILES string of the molecule is CCC(=O)N(Cc1ccccc1)[C@H](Cc1ccccc1)C(=O)NCc1ccccc1Cl. The summed E-state index contributed by atoms with van der Waals surface area (Å²) >= 11 is 6.24. The summed E-state index contributed by atoms with van der Waals surface area (Å²) in [6, 6.07) is 26.3. The monoisotopic (exact) mass is 434 g/mol. The van der Waals surface area contributed by atoms with Gasteiger partial charge in [0.2, 0.25) is 11.8 Å². The van der Waals surface area contributed by atoms with Crippen LogP contribution in [0.15, 0.2) is 84.9 Å². The smallest absolute Gasteiger partial charge is 0.243 e. The predicted octanol–water partition coefficient (Wildman–Crippen LogP) is 5.01. The number of halogens is 1. The highest BCUT2D eigenvalue weighted by atomic mass is 35.5. The first-order valence-electron chi connectivity index (χ1n) is 10.5. The molecule has 3 aromatic carbocycles. The zero-order chi connectivity index (χ0) is 22.1. The molecule has 0 spiro atoms. The first kappa shape index (κ1) is 22.6. The average Bonchev–Trinajstić information content (AvgIpc) is 2.81. The molecule has 0 saturated carbocycles. The molecule has 3 rings (SSSR count). The molecule has 0 bridgehead atoms. The van der Waals surface area contributed by atoms with Crippen molar-refractivity contribution in [2.75, 3.05) is 0 Å². The second kappa shape index (κ2) is 11.3. The molecule has 0 aromatic heterocycles. The molecule has 5 heteroatoms. The molecule has 160 valence electrons. The van der Waals surface area contributed by atoms with Crippen LogP contribution >= 0.6 is 11.6 Å². The van der Waals surface area contributed by atoms with Crippen LogP contribution in [0, 0.1) is 0 Å². The Hall–Kier alpha value is -3.11. The summed E-state index contributed by atoms with van der Waals surface area (Å²) in [6.45, 7) is 2.51. The highest BCUT2D eigenvalue weighted by molar-refractivity contribution is 6.31. The normalized spacial score (nSPS) is 11.5. The number of nitrogens with one attached hydrogen (secondary N) is 1. The molecule has 4 nitrogen and oxygen atoms in total. The molecule has 2 amide bonds. The van der Waals surface area contributed by atoms with E-state index in [2.05, 4.69) is 5.32 Å². The van der Waals surface area contributed by atoms with E-state index >= 15 is 0 Å². The summed E-state index contributed by atoms with van der Waals surface area (Å²) in [4.78, 5) is 27.9. The molecule has 0 unspecified atom stereocenters. The lowest BCUT2D eigenvalue weighted by atomic mass is 10.0. The molecule has 0 aliphatic rings. The molecule has 0 heterocycles. The maximum atomic E-state index is 13.3. The van der Waals surface area contributed by atoms with Gasteiger partial charge in [-0.15, -0.1) is 0 Å². The van der Waals surface area contributed by atoms with Crippen LogP contribution in [-0.2, 0) is 29.1 Å². The number of hydrogen-bond acceptors (Lipinski definition) is 2. The van der Waals surface area contributed by atoms with Crippen LogP contribution in [0.4, 0.5) is 0 Å². The standard InChI is InChI=1S/C26H27ClN2O2/c1-2-25(30)29(19-21-13-7-4-8-14-21)24(17-20-11-5-3-6-12-20)26(31)28-18-22-15-9-10-16-23(22)27/h3-16,24H,2,17-19H2,1H3,(H,28,31)/t24-/m1/s1. The lowest BCUT2D eigenvalue weighted by molar-refractivity contribution is -0.141. The topological polar surface area (TPSA) is 49.4 Å². The number of amides is 2. The second-order valence-electron chi connectivity index (χ2n) is 7.38. The number of hydrogen-bond donors (Lipinski definition) is 1. The predicted molar refractivity (Wildman–Crippen MR) is 125 cm³/mol. The van der Waals surface area contributed by atoms with Gasteiger partial charge in [0.25, 0.3) is 0 Å². The number of carbonyl (C=O) groups is 2. The van der Waals surface area contributed by atoms with Crippen LogP contribution in [-0.4, -0.2) is 22.8 Å². The second-order valence-corrected chi connectivity index (χ2v) is 7.78. The molecule has 1 N–H and O–H groups in total. The van der Waals surface area contributed by atoms with Gasteiger partial charge in [-0.3, -0.25) is 9.59 Å². The van der Waals surface area contributed by atoms with Crippen LogP contribution in [0.1, 0.15) is 30.0 Å². The van der Waals surface area contributed by atoms with Crippen molar-refractivity contribution in [2.24, 2.45) is 0 Å². The van der Waals surface area contributed by atoms with Gasteiger partial charge in [-0.05, 0) is 22.8 Å². The Morgan fingerprint density at radius 3 is 2.06 bits per heavy atom. The zero-order valence-electron chi connectivity index (χ0n) is 17.6. The van der Waals surface area contributed by atoms with Gasteiger partial charge >= 0.3 is 0 Å². The summed E-state index contributed by atoms with van der Waals surface area (Å²) in [5, 5.41) is 3.59. The number of benzene rings is 3. The van der Waals surface area contributed by atoms with E-state index < -0.39 is 6.04 Å². The van der Waals surface area contributed by atoms with E-state index in [0.717, 1.165) is 16.7 Å². The van der Waals surface area contributed by atoms with Gasteiger partial charge in [0.05, 0.1) is 0 Å². The fraction of sp³-hybridized carbons (Fsp3) is 0.231. The minimum absolute atomic E-state index is 0.0577. The Bertz CT molecular complexity index is 993. The summed E-state index contributed by atoms with van der Waals surface area (Å²) in [5.74, 6) is -0.251. The van der Waals surface area contributed by atoms with Crippen molar-refractivity contribution < 1.29 is 9.59 Å². The van der Waals surface area contributed by atoms with Crippen LogP contribution in [0.2, 0.25) is 5.02 Å². The lowest BCUT2D eigenvalue weighted by Crippen LogP contribution is -2.50. The van der Waals surface area contributed by atoms with Gasteiger partial charge in [-0.1, -0.05) is 97.4 Å². The van der Waals surface area contributed by atoms with Gasteiger partial charge in [-0.2, -0.15) is 0 Å². The van der Waals surface area contributed by atoms with Crippen molar-refractivity contribution in [3.8, 4) is 0 Å².